The van der Waals surface area contributed by atoms with E-state index >= 15 is 0 Å². The number of aromatic nitrogens is 1. The summed E-state index contributed by atoms with van der Waals surface area (Å²) in [6.07, 6.45) is 5.37. The van der Waals surface area contributed by atoms with Crippen molar-refractivity contribution in [1.82, 2.24) is 4.98 Å². The number of pyridine rings is 1. The minimum absolute atomic E-state index is 0.399. The van der Waals surface area contributed by atoms with Crippen LogP contribution in [-0.4, -0.2) is 51.7 Å². The molecule has 2 N–H and O–H groups in total. The quantitative estimate of drug-likeness (QED) is 0.325. The number of hydrogen-bond acceptors (Lipinski definition) is 9. The SMILES string of the molecule is O/N=C/C(=N\N=C\c1cccc(/C=N/N=C(\C=N\O)c2ccccc2)n1)c1ccccc1. The summed E-state index contributed by atoms with van der Waals surface area (Å²) < 4.78 is 0. The summed E-state index contributed by atoms with van der Waals surface area (Å²) in [7, 11) is 0. The van der Waals surface area contributed by atoms with Crippen LogP contribution in [0.2, 0.25) is 0 Å². The molecule has 1 heterocycles. The Bertz CT molecular complexity index is 1090. The molecule has 3 aromatic rings. The minimum Gasteiger partial charge on any atom is -0.411 e. The summed E-state index contributed by atoms with van der Waals surface area (Å²) in [6.45, 7) is 0. The second-order valence-electron chi connectivity index (χ2n) is 6.17. The van der Waals surface area contributed by atoms with E-state index in [1.54, 1.807) is 18.2 Å². The van der Waals surface area contributed by atoms with Crippen molar-refractivity contribution in [3.05, 3.63) is 101 Å². The van der Waals surface area contributed by atoms with Gasteiger partial charge in [0.2, 0.25) is 0 Å². The topological polar surface area (TPSA) is 128 Å². The zero-order chi connectivity index (χ0) is 22.4. The average molecular weight is 425 g/mol. The highest BCUT2D eigenvalue weighted by molar-refractivity contribution is 6.38. The molecule has 9 nitrogen and oxygen atoms in total. The Labute approximate surface area is 184 Å². The molecule has 0 amide bonds. The van der Waals surface area contributed by atoms with Gasteiger partial charge in [0.1, 0.15) is 11.4 Å². The van der Waals surface area contributed by atoms with Crippen molar-refractivity contribution >= 4 is 36.3 Å². The van der Waals surface area contributed by atoms with Gasteiger partial charge >= 0.3 is 0 Å². The van der Waals surface area contributed by atoms with Crippen molar-refractivity contribution in [2.24, 2.45) is 30.7 Å². The van der Waals surface area contributed by atoms with Crippen molar-refractivity contribution < 1.29 is 10.4 Å². The summed E-state index contributed by atoms with van der Waals surface area (Å²) in [5.41, 5.74) is 3.42. The fourth-order valence-corrected chi connectivity index (χ4v) is 2.56. The minimum atomic E-state index is 0.399. The first-order valence-electron chi connectivity index (χ1n) is 9.45. The second kappa shape index (κ2) is 12.0. The summed E-state index contributed by atoms with van der Waals surface area (Å²) in [5.74, 6) is 0. The van der Waals surface area contributed by atoms with E-state index in [9.17, 15) is 0 Å². The number of benzene rings is 2. The average Bonchev–Trinajstić information content (AvgIpc) is 2.84. The van der Waals surface area contributed by atoms with Crippen LogP contribution in [0.25, 0.3) is 0 Å². The van der Waals surface area contributed by atoms with Crippen LogP contribution >= 0.6 is 0 Å². The van der Waals surface area contributed by atoms with Crippen LogP contribution < -0.4 is 0 Å². The van der Waals surface area contributed by atoms with Gasteiger partial charge in [0, 0.05) is 11.1 Å². The molecule has 0 spiro atoms. The van der Waals surface area contributed by atoms with Gasteiger partial charge in [-0.15, -0.1) is 10.2 Å². The lowest BCUT2D eigenvalue weighted by Gasteiger charge is -1.98. The maximum atomic E-state index is 8.86. The van der Waals surface area contributed by atoms with Gasteiger partial charge in [-0.25, -0.2) is 4.98 Å². The van der Waals surface area contributed by atoms with Gasteiger partial charge in [-0.3, -0.25) is 0 Å². The van der Waals surface area contributed by atoms with Crippen LogP contribution in [0.15, 0.2) is 110 Å². The summed E-state index contributed by atoms with van der Waals surface area (Å²) in [4.78, 5) is 4.40. The predicted octanol–water partition coefficient (Wildman–Crippen LogP) is 3.65. The Balaban J connectivity index is 1.76. The van der Waals surface area contributed by atoms with E-state index in [-0.39, 0.29) is 0 Å². The Morgan fingerprint density at radius 3 is 1.44 bits per heavy atom. The highest BCUT2D eigenvalue weighted by Gasteiger charge is 2.01. The van der Waals surface area contributed by atoms with E-state index in [0.717, 1.165) is 11.1 Å². The maximum Gasteiger partial charge on any atom is 0.114 e. The lowest BCUT2D eigenvalue weighted by atomic mass is 10.1. The highest BCUT2D eigenvalue weighted by Crippen LogP contribution is 2.02. The van der Waals surface area contributed by atoms with Gasteiger partial charge in [0.15, 0.2) is 0 Å². The second-order valence-corrected chi connectivity index (χ2v) is 6.17. The molecule has 0 unspecified atom stereocenters. The van der Waals surface area contributed by atoms with Crippen LogP contribution in [0, 0.1) is 0 Å². The Morgan fingerprint density at radius 1 is 0.594 bits per heavy atom. The number of nitrogens with zero attached hydrogens (tertiary/aromatic N) is 7. The predicted molar refractivity (Wildman–Crippen MR) is 126 cm³/mol. The van der Waals surface area contributed by atoms with Crippen molar-refractivity contribution in [1.29, 1.82) is 0 Å². The van der Waals surface area contributed by atoms with Gasteiger partial charge in [-0.1, -0.05) is 77.0 Å². The normalized spacial score (nSPS) is 13.1. The summed E-state index contributed by atoms with van der Waals surface area (Å²) >= 11 is 0. The monoisotopic (exact) mass is 425 g/mol. The molecule has 158 valence electrons. The van der Waals surface area contributed by atoms with Gasteiger partial charge in [-0.2, -0.15) is 10.2 Å². The molecular formula is C23H19N7O2. The molecule has 0 radical (unpaired) electrons. The molecule has 0 aliphatic heterocycles. The zero-order valence-electron chi connectivity index (χ0n) is 16.8. The third-order valence-corrected chi connectivity index (χ3v) is 4.00. The molecule has 0 aliphatic rings. The third-order valence-electron chi connectivity index (χ3n) is 4.00. The molecule has 1 aromatic heterocycles. The molecule has 2 aromatic carbocycles. The maximum absolute atomic E-state index is 8.86. The van der Waals surface area contributed by atoms with Gasteiger partial charge in [0.25, 0.3) is 0 Å². The molecule has 32 heavy (non-hydrogen) atoms. The first kappa shape index (κ1) is 21.9. The first-order chi connectivity index (χ1) is 15.8. The largest absolute Gasteiger partial charge is 0.411 e. The molecular weight excluding hydrogens is 406 g/mol. The van der Waals surface area contributed by atoms with Crippen molar-refractivity contribution in [3.63, 3.8) is 0 Å². The molecule has 9 heteroatoms. The first-order valence-corrected chi connectivity index (χ1v) is 9.45. The molecule has 3 rings (SSSR count). The van der Waals surface area contributed by atoms with Crippen LogP contribution in [0.5, 0.6) is 0 Å². The number of oxime groups is 2. The molecule has 0 aliphatic carbocycles. The summed E-state index contributed by atoms with van der Waals surface area (Å²) in [5, 5.41) is 40.0. The lowest BCUT2D eigenvalue weighted by molar-refractivity contribution is 0.322. The number of hydrogen-bond donors (Lipinski definition) is 2. The molecule has 0 saturated carbocycles. The highest BCUT2D eigenvalue weighted by atomic mass is 16.4. The van der Waals surface area contributed by atoms with Crippen molar-refractivity contribution in [2.75, 3.05) is 0 Å². The van der Waals surface area contributed by atoms with Gasteiger partial charge in [0.05, 0.1) is 36.2 Å². The summed E-state index contributed by atoms with van der Waals surface area (Å²) in [6, 6.07) is 23.8. The smallest absolute Gasteiger partial charge is 0.114 e. The van der Waals surface area contributed by atoms with E-state index < -0.39 is 0 Å². The van der Waals surface area contributed by atoms with Crippen molar-refractivity contribution in [3.8, 4) is 0 Å². The van der Waals surface area contributed by atoms with Crippen LogP contribution in [0.4, 0.5) is 0 Å². The van der Waals surface area contributed by atoms with Crippen LogP contribution in [-0.2, 0) is 0 Å². The van der Waals surface area contributed by atoms with Gasteiger partial charge in [-0.05, 0) is 12.1 Å². The Morgan fingerprint density at radius 2 is 1.03 bits per heavy atom. The molecule has 0 bridgehead atoms. The number of rotatable bonds is 8. The van der Waals surface area contributed by atoms with E-state index in [1.165, 1.54) is 24.9 Å². The Hall–Kier alpha value is -4.79. The standard InChI is InChI=1S/C23H19N7O2/c31-26-16-22(18-8-3-1-4-9-18)29-24-14-20-12-7-13-21(28-20)15-25-30-23(17-27-32)19-10-5-2-6-11-19/h1-17,31-32H/b24-14+,25-15+,26-16+,27-17+,29-22+,30-23+. The van der Waals surface area contributed by atoms with E-state index in [4.69, 9.17) is 10.4 Å². The molecule has 0 fully saturated rings. The van der Waals surface area contributed by atoms with Gasteiger partial charge < -0.3 is 10.4 Å². The van der Waals surface area contributed by atoms with E-state index in [0.29, 0.717) is 22.8 Å². The van der Waals surface area contributed by atoms with Crippen LogP contribution in [0.1, 0.15) is 22.5 Å². The molecule has 0 saturated heterocycles. The third kappa shape index (κ3) is 6.63. The lowest BCUT2D eigenvalue weighted by Crippen LogP contribution is -2.02. The van der Waals surface area contributed by atoms with E-state index in [1.807, 2.05) is 60.7 Å². The fourth-order valence-electron chi connectivity index (χ4n) is 2.56. The fraction of sp³-hybridized carbons (Fsp3) is 0. The zero-order valence-corrected chi connectivity index (χ0v) is 16.8. The van der Waals surface area contributed by atoms with Crippen LogP contribution in [0.3, 0.4) is 0 Å². The van der Waals surface area contributed by atoms with Crippen molar-refractivity contribution in [2.45, 2.75) is 0 Å². The molecule has 0 atom stereocenters. The Kier molecular flexibility index (Phi) is 8.24. The van der Waals surface area contributed by atoms with E-state index in [2.05, 4.69) is 35.7 Å².